The number of piperidine rings is 1. The summed E-state index contributed by atoms with van der Waals surface area (Å²) in [6, 6.07) is 4.91. The van der Waals surface area contributed by atoms with Gasteiger partial charge in [0.2, 0.25) is 0 Å². The van der Waals surface area contributed by atoms with E-state index in [-0.39, 0.29) is 6.10 Å². The average molecular weight is 316 g/mol. The van der Waals surface area contributed by atoms with Crippen LogP contribution in [0.1, 0.15) is 44.1 Å². The summed E-state index contributed by atoms with van der Waals surface area (Å²) in [5, 5.41) is 0. The molecule has 3 heterocycles. The lowest BCUT2D eigenvalue weighted by molar-refractivity contribution is 0.00372. The molecule has 3 fully saturated rings. The number of ether oxygens (including phenoxy) is 2. The highest BCUT2D eigenvalue weighted by molar-refractivity contribution is 5.06. The van der Waals surface area contributed by atoms with Crippen molar-refractivity contribution in [1.29, 1.82) is 0 Å². The van der Waals surface area contributed by atoms with E-state index in [1.165, 1.54) is 51.6 Å². The van der Waals surface area contributed by atoms with Crippen molar-refractivity contribution in [3.8, 4) is 0 Å². The van der Waals surface area contributed by atoms with Crippen LogP contribution >= 0.6 is 0 Å². The van der Waals surface area contributed by atoms with Crippen molar-refractivity contribution in [2.24, 2.45) is 5.41 Å². The Hall–Kier alpha value is -0.970. The van der Waals surface area contributed by atoms with Gasteiger partial charge in [-0.25, -0.2) is 0 Å². The van der Waals surface area contributed by atoms with Crippen LogP contribution in [-0.2, 0) is 16.1 Å². The van der Waals surface area contributed by atoms with Gasteiger partial charge in [-0.1, -0.05) is 12.5 Å². The molecule has 0 amide bonds. The lowest BCUT2D eigenvalue weighted by Gasteiger charge is -2.45. The van der Waals surface area contributed by atoms with Gasteiger partial charge in [-0.2, -0.15) is 0 Å². The molecule has 1 saturated carbocycles. The number of hydrogen-bond acceptors (Lipinski definition) is 4. The van der Waals surface area contributed by atoms with Gasteiger partial charge in [0.1, 0.15) is 0 Å². The summed E-state index contributed by atoms with van der Waals surface area (Å²) in [6.45, 7) is 4.83. The molecule has 4 rings (SSSR count). The lowest BCUT2D eigenvalue weighted by Crippen LogP contribution is -2.48. The topological polar surface area (TPSA) is 34.6 Å². The molecular formula is C19H28N2O2. The molecule has 2 aliphatic heterocycles. The van der Waals surface area contributed by atoms with Gasteiger partial charge < -0.3 is 14.4 Å². The lowest BCUT2D eigenvalue weighted by atomic mass is 9.75. The SMILES string of the molecule is c1cncc(COC[C@@H]2CC3(CCN(C4CCC4)CC3)CO2)c1. The number of likely N-dealkylation sites (tertiary alicyclic amines) is 1. The first kappa shape index (κ1) is 15.6. The summed E-state index contributed by atoms with van der Waals surface area (Å²) in [5.74, 6) is 0. The zero-order chi connectivity index (χ0) is 15.5. The second kappa shape index (κ2) is 6.88. The summed E-state index contributed by atoms with van der Waals surface area (Å²) in [7, 11) is 0. The highest BCUT2D eigenvalue weighted by Crippen LogP contribution is 2.43. The number of aromatic nitrogens is 1. The summed E-state index contributed by atoms with van der Waals surface area (Å²) >= 11 is 0. The normalized spacial score (nSPS) is 28.1. The summed E-state index contributed by atoms with van der Waals surface area (Å²) in [6.07, 6.45) is 12.0. The van der Waals surface area contributed by atoms with Crippen molar-refractivity contribution < 1.29 is 9.47 Å². The Labute approximate surface area is 139 Å². The molecule has 2 saturated heterocycles. The van der Waals surface area contributed by atoms with Gasteiger partial charge in [0.15, 0.2) is 0 Å². The fourth-order valence-corrected chi connectivity index (χ4v) is 4.26. The molecule has 23 heavy (non-hydrogen) atoms. The third-order valence-electron chi connectivity index (χ3n) is 6.03. The second-order valence-corrected chi connectivity index (χ2v) is 7.63. The van der Waals surface area contributed by atoms with E-state index in [1.54, 1.807) is 6.20 Å². The smallest absolute Gasteiger partial charge is 0.0815 e. The number of rotatable bonds is 5. The predicted molar refractivity (Wildman–Crippen MR) is 89.1 cm³/mol. The largest absolute Gasteiger partial charge is 0.375 e. The van der Waals surface area contributed by atoms with E-state index >= 15 is 0 Å². The van der Waals surface area contributed by atoms with Crippen molar-refractivity contribution >= 4 is 0 Å². The quantitative estimate of drug-likeness (QED) is 0.836. The minimum absolute atomic E-state index is 0.280. The average Bonchev–Trinajstić information content (AvgIpc) is 2.92. The van der Waals surface area contributed by atoms with E-state index in [1.807, 2.05) is 12.3 Å². The molecule has 3 aliphatic rings. The Morgan fingerprint density at radius 1 is 1.30 bits per heavy atom. The molecule has 1 spiro atoms. The van der Waals surface area contributed by atoms with Crippen LogP contribution in [0.25, 0.3) is 0 Å². The van der Waals surface area contributed by atoms with Crippen LogP contribution in [0.2, 0.25) is 0 Å². The van der Waals surface area contributed by atoms with Crippen LogP contribution in [0.15, 0.2) is 24.5 Å². The molecule has 1 atom stereocenters. The maximum atomic E-state index is 6.06. The molecule has 0 unspecified atom stereocenters. The van der Waals surface area contributed by atoms with E-state index in [9.17, 15) is 0 Å². The maximum Gasteiger partial charge on any atom is 0.0815 e. The van der Waals surface area contributed by atoms with Gasteiger partial charge in [-0.3, -0.25) is 4.98 Å². The van der Waals surface area contributed by atoms with Crippen molar-refractivity contribution in [3.05, 3.63) is 30.1 Å². The standard InChI is InChI=1S/C19H28N2O2/c1-4-17(5-1)21-9-6-19(7-10-21)11-18(23-15-19)14-22-13-16-3-2-8-20-12-16/h2-3,8,12,17-18H,1,4-7,9-11,13-15H2/t18-/m0/s1. The monoisotopic (exact) mass is 316 g/mol. The molecular weight excluding hydrogens is 288 g/mol. The van der Waals surface area contributed by atoms with Crippen LogP contribution in [0.3, 0.4) is 0 Å². The Morgan fingerprint density at radius 3 is 2.87 bits per heavy atom. The van der Waals surface area contributed by atoms with Gasteiger partial charge in [0, 0.05) is 18.4 Å². The highest BCUT2D eigenvalue weighted by atomic mass is 16.5. The van der Waals surface area contributed by atoms with Crippen molar-refractivity contribution in [1.82, 2.24) is 9.88 Å². The van der Waals surface area contributed by atoms with Crippen LogP contribution in [0, 0.1) is 5.41 Å². The van der Waals surface area contributed by atoms with E-state index in [0.717, 1.165) is 18.2 Å². The first-order valence-electron chi connectivity index (χ1n) is 9.15. The molecule has 1 aliphatic carbocycles. The minimum Gasteiger partial charge on any atom is -0.375 e. The first-order chi connectivity index (χ1) is 11.3. The highest BCUT2D eigenvalue weighted by Gasteiger charge is 2.43. The zero-order valence-electron chi connectivity index (χ0n) is 14.0. The molecule has 1 aromatic heterocycles. The first-order valence-corrected chi connectivity index (χ1v) is 9.15. The van der Waals surface area contributed by atoms with Gasteiger partial charge in [0.25, 0.3) is 0 Å². The van der Waals surface area contributed by atoms with E-state index in [2.05, 4.69) is 16.0 Å². The van der Waals surface area contributed by atoms with Gasteiger partial charge in [-0.05, 0) is 62.2 Å². The fraction of sp³-hybridized carbons (Fsp3) is 0.737. The van der Waals surface area contributed by atoms with E-state index in [0.29, 0.717) is 18.6 Å². The number of nitrogens with zero attached hydrogens (tertiary/aromatic N) is 2. The van der Waals surface area contributed by atoms with E-state index < -0.39 is 0 Å². The van der Waals surface area contributed by atoms with Crippen molar-refractivity contribution in [2.45, 2.75) is 57.3 Å². The van der Waals surface area contributed by atoms with Crippen LogP contribution in [0.5, 0.6) is 0 Å². The molecule has 0 aromatic carbocycles. The molecule has 1 aromatic rings. The van der Waals surface area contributed by atoms with Crippen molar-refractivity contribution in [2.75, 3.05) is 26.3 Å². The second-order valence-electron chi connectivity index (χ2n) is 7.63. The van der Waals surface area contributed by atoms with Crippen LogP contribution in [-0.4, -0.2) is 48.3 Å². The minimum atomic E-state index is 0.280. The summed E-state index contributed by atoms with van der Waals surface area (Å²) in [4.78, 5) is 6.84. The number of hydrogen-bond donors (Lipinski definition) is 0. The van der Waals surface area contributed by atoms with Gasteiger partial charge in [-0.15, -0.1) is 0 Å². The molecule has 4 heteroatoms. The molecule has 0 N–H and O–H groups in total. The Morgan fingerprint density at radius 2 is 2.17 bits per heavy atom. The molecule has 0 radical (unpaired) electrons. The molecule has 0 bridgehead atoms. The Bertz CT molecular complexity index is 495. The third kappa shape index (κ3) is 3.59. The molecule has 4 nitrogen and oxygen atoms in total. The number of pyridine rings is 1. The maximum absolute atomic E-state index is 6.06. The summed E-state index contributed by atoms with van der Waals surface area (Å²) < 4.78 is 11.9. The Kier molecular flexibility index (Phi) is 4.65. The summed E-state index contributed by atoms with van der Waals surface area (Å²) in [5.41, 5.74) is 1.57. The molecule has 126 valence electrons. The van der Waals surface area contributed by atoms with Gasteiger partial charge in [0.05, 0.1) is 25.9 Å². The Balaban J connectivity index is 1.20. The van der Waals surface area contributed by atoms with Crippen LogP contribution < -0.4 is 0 Å². The zero-order valence-corrected chi connectivity index (χ0v) is 14.0. The van der Waals surface area contributed by atoms with Crippen LogP contribution in [0.4, 0.5) is 0 Å². The predicted octanol–water partition coefficient (Wildman–Crippen LogP) is 3.02. The third-order valence-corrected chi connectivity index (χ3v) is 6.03. The van der Waals surface area contributed by atoms with E-state index in [4.69, 9.17) is 9.47 Å². The van der Waals surface area contributed by atoms with Gasteiger partial charge >= 0.3 is 0 Å². The fourth-order valence-electron chi connectivity index (χ4n) is 4.26. The van der Waals surface area contributed by atoms with Crippen molar-refractivity contribution in [3.63, 3.8) is 0 Å².